The minimum absolute atomic E-state index is 0.0344. The summed E-state index contributed by atoms with van der Waals surface area (Å²) in [6.45, 7) is 2.98. The summed E-state index contributed by atoms with van der Waals surface area (Å²) >= 11 is 0. The third-order valence-electron chi connectivity index (χ3n) is 6.47. The number of nitrogens with zero attached hydrogens (tertiary/aromatic N) is 2. The lowest BCUT2D eigenvalue weighted by atomic mass is 9.92. The summed E-state index contributed by atoms with van der Waals surface area (Å²) in [5.41, 5.74) is 2.52. The van der Waals surface area contributed by atoms with Gasteiger partial charge in [-0.3, -0.25) is 4.79 Å². The van der Waals surface area contributed by atoms with Gasteiger partial charge in [0.25, 0.3) is 0 Å². The number of carbonyl (C=O) groups excluding carboxylic acids is 1. The number of rotatable bonds is 10. The zero-order valence-electron chi connectivity index (χ0n) is 20.4. The van der Waals surface area contributed by atoms with E-state index in [1.807, 2.05) is 24.3 Å². The van der Waals surface area contributed by atoms with E-state index in [-0.39, 0.29) is 5.91 Å². The Morgan fingerprint density at radius 3 is 2.66 bits per heavy atom. The minimum atomic E-state index is -0.589. The smallest absolute Gasteiger partial charge is 0.224 e. The van der Waals surface area contributed by atoms with Gasteiger partial charge in [0.1, 0.15) is 18.2 Å². The number of hydrogen-bond donors (Lipinski definition) is 3. The molecule has 2 aromatic rings. The standard InChI is InChI=1S/C26H34FN5O3/c1-32-11-9-18(10-12-32)3-8-24(33)30-19-4-6-20(7-5-19)31-26-25-22(27)15-21(35-14-13-34-2)16-23(25)28-17-29-26/h4-7,15-18,26,31H,3,8-14H2,1-2H3,(H,28,29)(H,30,33). The fraction of sp³-hybridized carbons (Fsp3) is 0.462. The van der Waals surface area contributed by atoms with E-state index in [4.69, 9.17) is 9.47 Å². The summed E-state index contributed by atoms with van der Waals surface area (Å²) in [4.78, 5) is 19.1. The highest BCUT2D eigenvalue weighted by molar-refractivity contribution is 5.90. The molecule has 2 heterocycles. The Hall–Kier alpha value is -3.17. The van der Waals surface area contributed by atoms with Gasteiger partial charge in [-0.15, -0.1) is 0 Å². The van der Waals surface area contributed by atoms with Crippen molar-refractivity contribution in [3.8, 4) is 5.75 Å². The molecule has 1 fully saturated rings. The molecule has 2 aromatic carbocycles. The number of piperidine rings is 1. The van der Waals surface area contributed by atoms with Crippen molar-refractivity contribution >= 4 is 29.3 Å². The van der Waals surface area contributed by atoms with E-state index in [1.165, 1.54) is 12.4 Å². The van der Waals surface area contributed by atoms with Crippen molar-refractivity contribution in [3.63, 3.8) is 0 Å². The first-order valence-corrected chi connectivity index (χ1v) is 12.1. The lowest BCUT2D eigenvalue weighted by molar-refractivity contribution is -0.116. The Morgan fingerprint density at radius 2 is 1.91 bits per heavy atom. The third kappa shape index (κ3) is 6.93. The molecular weight excluding hydrogens is 449 g/mol. The molecule has 1 saturated heterocycles. The summed E-state index contributed by atoms with van der Waals surface area (Å²) in [5.74, 6) is 0.679. The Bertz CT molecular complexity index is 1020. The molecule has 1 atom stereocenters. The number of carbonyl (C=O) groups is 1. The van der Waals surface area contributed by atoms with Crippen LogP contribution in [0.25, 0.3) is 0 Å². The van der Waals surface area contributed by atoms with Crippen LogP contribution in [0.2, 0.25) is 0 Å². The number of nitrogens with one attached hydrogen (secondary N) is 3. The van der Waals surface area contributed by atoms with E-state index in [1.54, 1.807) is 13.2 Å². The Labute approximate surface area is 205 Å². The van der Waals surface area contributed by atoms with E-state index in [0.717, 1.165) is 43.7 Å². The van der Waals surface area contributed by atoms with Crippen molar-refractivity contribution in [2.45, 2.75) is 31.8 Å². The first kappa shape index (κ1) is 24.9. The van der Waals surface area contributed by atoms with Crippen LogP contribution < -0.4 is 20.7 Å². The van der Waals surface area contributed by atoms with Gasteiger partial charge in [0.2, 0.25) is 5.91 Å². The molecule has 0 bridgehead atoms. The SMILES string of the molecule is COCCOc1cc(F)c2c(c1)NC=NC2Nc1ccc(NC(=O)CCC2CCN(C)CC2)cc1. The molecule has 0 saturated carbocycles. The average Bonchev–Trinajstić information content (AvgIpc) is 2.85. The van der Waals surface area contributed by atoms with Gasteiger partial charge in [0.05, 0.1) is 24.2 Å². The Morgan fingerprint density at radius 1 is 1.17 bits per heavy atom. The number of anilines is 3. The molecule has 3 N–H and O–H groups in total. The second kappa shape index (κ2) is 12.0. The van der Waals surface area contributed by atoms with Gasteiger partial charge in [-0.1, -0.05) is 0 Å². The second-order valence-corrected chi connectivity index (χ2v) is 9.09. The molecule has 188 valence electrons. The van der Waals surface area contributed by atoms with Crippen molar-refractivity contribution < 1.29 is 18.7 Å². The summed E-state index contributed by atoms with van der Waals surface area (Å²) in [6.07, 6.45) is 4.73. The number of halogens is 1. The molecule has 0 radical (unpaired) electrons. The van der Waals surface area contributed by atoms with Crippen LogP contribution in [0.15, 0.2) is 41.4 Å². The fourth-order valence-corrected chi connectivity index (χ4v) is 4.40. The molecule has 0 spiro atoms. The zero-order valence-corrected chi connectivity index (χ0v) is 20.4. The molecule has 4 rings (SSSR count). The van der Waals surface area contributed by atoms with E-state index < -0.39 is 12.0 Å². The van der Waals surface area contributed by atoms with Crippen LogP contribution >= 0.6 is 0 Å². The van der Waals surface area contributed by atoms with Crippen molar-refractivity contribution in [1.29, 1.82) is 0 Å². The monoisotopic (exact) mass is 483 g/mol. The topological polar surface area (TPSA) is 87.2 Å². The molecule has 0 aliphatic carbocycles. The molecule has 2 aliphatic heterocycles. The lowest BCUT2D eigenvalue weighted by Crippen LogP contribution is -2.30. The largest absolute Gasteiger partial charge is 0.491 e. The molecule has 1 amide bonds. The van der Waals surface area contributed by atoms with Crippen molar-refractivity contribution in [3.05, 3.63) is 47.8 Å². The van der Waals surface area contributed by atoms with Gasteiger partial charge in [0, 0.05) is 37.0 Å². The number of methoxy groups -OCH3 is 1. The van der Waals surface area contributed by atoms with Gasteiger partial charge >= 0.3 is 0 Å². The summed E-state index contributed by atoms with van der Waals surface area (Å²) in [5, 5.41) is 9.21. The number of likely N-dealkylation sites (tertiary alicyclic amines) is 1. The highest BCUT2D eigenvalue weighted by Crippen LogP contribution is 2.35. The highest BCUT2D eigenvalue weighted by atomic mass is 19.1. The first-order valence-electron chi connectivity index (χ1n) is 12.1. The van der Waals surface area contributed by atoms with Crippen molar-refractivity contribution in [2.75, 3.05) is 56.4 Å². The number of ether oxygens (including phenoxy) is 2. The van der Waals surface area contributed by atoms with Gasteiger partial charge in [0.15, 0.2) is 6.17 Å². The Kier molecular flexibility index (Phi) is 8.54. The van der Waals surface area contributed by atoms with Crippen LogP contribution in [0, 0.1) is 11.7 Å². The first-order chi connectivity index (χ1) is 17.0. The third-order valence-corrected chi connectivity index (χ3v) is 6.47. The quantitative estimate of drug-likeness (QED) is 0.432. The number of hydrogen-bond acceptors (Lipinski definition) is 7. The molecule has 35 heavy (non-hydrogen) atoms. The number of fused-ring (bicyclic) bond motifs is 1. The van der Waals surface area contributed by atoms with E-state index in [2.05, 4.69) is 32.9 Å². The normalized spacial score (nSPS) is 18.0. The predicted molar refractivity (Wildman–Crippen MR) is 137 cm³/mol. The summed E-state index contributed by atoms with van der Waals surface area (Å²) in [6, 6.07) is 10.5. The molecule has 1 unspecified atom stereocenters. The van der Waals surface area contributed by atoms with E-state index in [0.29, 0.717) is 42.6 Å². The molecule has 9 heteroatoms. The lowest BCUT2D eigenvalue weighted by Gasteiger charge is -2.28. The fourth-order valence-electron chi connectivity index (χ4n) is 4.40. The van der Waals surface area contributed by atoms with Gasteiger partial charge in [-0.05, 0) is 69.6 Å². The van der Waals surface area contributed by atoms with Crippen molar-refractivity contribution in [1.82, 2.24) is 4.90 Å². The van der Waals surface area contributed by atoms with Gasteiger partial charge < -0.3 is 30.3 Å². The van der Waals surface area contributed by atoms with E-state index >= 15 is 0 Å². The number of amides is 1. The van der Waals surface area contributed by atoms with E-state index in [9.17, 15) is 9.18 Å². The predicted octanol–water partition coefficient (Wildman–Crippen LogP) is 4.48. The molecular formula is C26H34FN5O3. The van der Waals surface area contributed by atoms with Crippen LogP contribution in [-0.2, 0) is 9.53 Å². The summed E-state index contributed by atoms with van der Waals surface area (Å²) in [7, 11) is 3.73. The maximum absolute atomic E-state index is 14.9. The Balaban J connectivity index is 1.31. The number of benzene rings is 2. The van der Waals surface area contributed by atoms with Crippen LogP contribution in [-0.4, -0.2) is 57.6 Å². The van der Waals surface area contributed by atoms with Crippen LogP contribution in [0.4, 0.5) is 21.5 Å². The number of aliphatic imine (C=N–C) groups is 1. The maximum atomic E-state index is 14.9. The van der Waals surface area contributed by atoms with Crippen LogP contribution in [0.1, 0.15) is 37.4 Å². The average molecular weight is 484 g/mol. The van der Waals surface area contributed by atoms with Gasteiger partial charge in [-0.2, -0.15) is 0 Å². The minimum Gasteiger partial charge on any atom is -0.491 e. The van der Waals surface area contributed by atoms with Gasteiger partial charge in [-0.25, -0.2) is 9.38 Å². The second-order valence-electron chi connectivity index (χ2n) is 9.09. The summed E-state index contributed by atoms with van der Waals surface area (Å²) < 4.78 is 25.4. The highest BCUT2D eigenvalue weighted by Gasteiger charge is 2.23. The molecule has 8 nitrogen and oxygen atoms in total. The van der Waals surface area contributed by atoms with Crippen LogP contribution in [0.3, 0.4) is 0 Å². The zero-order chi connectivity index (χ0) is 24.6. The molecule has 2 aliphatic rings. The maximum Gasteiger partial charge on any atom is 0.224 e. The van der Waals surface area contributed by atoms with Crippen LogP contribution in [0.5, 0.6) is 5.75 Å². The molecule has 0 aromatic heterocycles. The van der Waals surface area contributed by atoms with Crippen molar-refractivity contribution in [2.24, 2.45) is 10.9 Å².